The van der Waals surface area contributed by atoms with Crippen LogP contribution in [0.15, 0.2) is 30.3 Å². The molecule has 1 N–H and O–H groups in total. The lowest BCUT2D eigenvalue weighted by molar-refractivity contribution is -0.129. The van der Waals surface area contributed by atoms with Crippen LogP contribution in [0.4, 0.5) is 0 Å². The van der Waals surface area contributed by atoms with Gasteiger partial charge < -0.3 is 5.32 Å². The molecule has 1 amide bonds. The van der Waals surface area contributed by atoms with E-state index < -0.39 is 0 Å². The van der Waals surface area contributed by atoms with Crippen LogP contribution in [0.1, 0.15) is 39.7 Å². The van der Waals surface area contributed by atoms with Crippen LogP contribution in [0.5, 0.6) is 0 Å². The number of benzene rings is 1. The normalized spacial score (nSPS) is 12.3. The van der Waals surface area contributed by atoms with E-state index in [1.165, 1.54) is 5.56 Å². The molecule has 94 valence electrons. The number of rotatable bonds is 4. The molecule has 1 rings (SSSR count). The van der Waals surface area contributed by atoms with Crippen molar-refractivity contribution in [3.05, 3.63) is 35.9 Å². The van der Waals surface area contributed by atoms with E-state index in [4.69, 9.17) is 0 Å². The Bertz CT molecular complexity index is 379. The van der Waals surface area contributed by atoms with Gasteiger partial charge in [-0.15, -0.1) is 0 Å². The molecule has 0 bridgehead atoms. The predicted octanol–water partition coefficient (Wildman–Crippen LogP) is 3.13. The Labute approximate surface area is 104 Å². The van der Waals surface area contributed by atoms with Crippen LogP contribution in [0.25, 0.3) is 0 Å². The van der Waals surface area contributed by atoms with Crippen LogP contribution in [0.3, 0.4) is 0 Å². The Morgan fingerprint density at radius 2 is 1.65 bits per heavy atom. The average molecular weight is 233 g/mol. The summed E-state index contributed by atoms with van der Waals surface area (Å²) in [6.07, 6.45) is 0.823. The molecule has 0 fully saturated rings. The molecule has 17 heavy (non-hydrogen) atoms. The largest absolute Gasteiger partial charge is 0.359 e. The molecule has 2 nitrogen and oxygen atoms in total. The first kappa shape index (κ1) is 13.8. The monoisotopic (exact) mass is 233 g/mol. The molecule has 0 aliphatic heterocycles. The summed E-state index contributed by atoms with van der Waals surface area (Å²) in [5.41, 5.74) is 0.919. The zero-order valence-electron chi connectivity index (χ0n) is 11.5. The van der Waals surface area contributed by atoms with Crippen molar-refractivity contribution in [3.8, 4) is 0 Å². The Morgan fingerprint density at radius 3 is 2.12 bits per heavy atom. The maximum atomic E-state index is 11.8. The second-order valence-corrected chi connectivity index (χ2v) is 5.89. The molecule has 0 radical (unpaired) electrons. The van der Waals surface area contributed by atoms with Crippen LogP contribution >= 0.6 is 0 Å². The predicted molar refractivity (Wildman–Crippen MR) is 71.9 cm³/mol. The lowest BCUT2D eigenvalue weighted by Gasteiger charge is -2.34. The molecule has 0 aliphatic rings. The summed E-state index contributed by atoms with van der Waals surface area (Å²) in [4.78, 5) is 11.8. The van der Waals surface area contributed by atoms with Gasteiger partial charge in [-0.2, -0.15) is 0 Å². The van der Waals surface area contributed by atoms with Gasteiger partial charge in [0.1, 0.15) is 0 Å². The summed E-state index contributed by atoms with van der Waals surface area (Å²) in [6, 6.07) is 10.4. The second-order valence-electron chi connectivity index (χ2n) is 5.89. The highest BCUT2D eigenvalue weighted by atomic mass is 16.2. The highest BCUT2D eigenvalue weighted by Gasteiger charge is 2.34. The number of nitrogens with one attached hydrogen (secondary N) is 1. The minimum Gasteiger partial charge on any atom is -0.359 e. The van der Waals surface area contributed by atoms with E-state index in [-0.39, 0.29) is 16.7 Å². The average Bonchev–Trinajstić information content (AvgIpc) is 2.27. The molecule has 0 saturated carbocycles. The van der Waals surface area contributed by atoms with E-state index in [9.17, 15) is 4.79 Å². The van der Waals surface area contributed by atoms with E-state index in [0.717, 1.165) is 6.42 Å². The van der Waals surface area contributed by atoms with Crippen molar-refractivity contribution in [3.63, 3.8) is 0 Å². The Balaban J connectivity index is 2.90. The third kappa shape index (κ3) is 3.32. The van der Waals surface area contributed by atoms with Crippen molar-refractivity contribution in [1.29, 1.82) is 0 Å². The van der Waals surface area contributed by atoms with Crippen molar-refractivity contribution >= 4 is 5.91 Å². The number of carbonyl (C=O) groups excluding carboxylic acids is 1. The fraction of sp³-hybridized carbons (Fsp3) is 0.533. The number of carbonyl (C=O) groups is 1. The summed E-state index contributed by atoms with van der Waals surface area (Å²) in [6.45, 7) is 8.37. The first-order valence-corrected chi connectivity index (χ1v) is 6.07. The molecular weight excluding hydrogens is 210 g/mol. The zero-order chi connectivity index (χ0) is 13.1. The Morgan fingerprint density at radius 1 is 1.12 bits per heavy atom. The fourth-order valence-corrected chi connectivity index (χ4v) is 2.51. The van der Waals surface area contributed by atoms with Gasteiger partial charge >= 0.3 is 0 Å². The molecule has 0 heterocycles. The van der Waals surface area contributed by atoms with E-state index >= 15 is 0 Å². The van der Waals surface area contributed by atoms with Crippen LogP contribution < -0.4 is 5.32 Å². The molecule has 0 unspecified atom stereocenters. The maximum Gasteiger partial charge on any atom is 0.225 e. The summed E-state index contributed by atoms with van der Waals surface area (Å²) >= 11 is 0. The van der Waals surface area contributed by atoms with Gasteiger partial charge in [0.25, 0.3) is 0 Å². The number of hydrogen-bond acceptors (Lipinski definition) is 1. The van der Waals surface area contributed by atoms with Gasteiger partial charge in [-0.05, 0) is 17.4 Å². The molecule has 1 aromatic rings. The topological polar surface area (TPSA) is 29.1 Å². The SMILES string of the molecule is CNC(=O)C(C)(C)CC(C)(C)c1ccccc1. The van der Waals surface area contributed by atoms with Gasteiger partial charge in [0.15, 0.2) is 0 Å². The van der Waals surface area contributed by atoms with Crippen LogP contribution in [-0.2, 0) is 10.2 Å². The lowest BCUT2D eigenvalue weighted by atomic mass is 9.71. The maximum absolute atomic E-state index is 11.8. The van der Waals surface area contributed by atoms with Crippen molar-refractivity contribution in [2.45, 2.75) is 39.5 Å². The minimum absolute atomic E-state index is 0.00271. The zero-order valence-corrected chi connectivity index (χ0v) is 11.5. The van der Waals surface area contributed by atoms with Crippen LogP contribution in [0, 0.1) is 5.41 Å². The molecule has 0 saturated heterocycles. The molecule has 1 aromatic carbocycles. The van der Waals surface area contributed by atoms with Crippen LogP contribution in [-0.4, -0.2) is 13.0 Å². The van der Waals surface area contributed by atoms with E-state index in [1.54, 1.807) is 7.05 Å². The Kier molecular flexibility index (Phi) is 3.97. The Hall–Kier alpha value is -1.31. The minimum atomic E-state index is -0.353. The van der Waals surface area contributed by atoms with E-state index in [0.29, 0.717) is 0 Å². The molecule has 0 atom stereocenters. The molecule has 0 spiro atoms. The quantitative estimate of drug-likeness (QED) is 0.850. The van der Waals surface area contributed by atoms with Gasteiger partial charge in [0.05, 0.1) is 0 Å². The van der Waals surface area contributed by atoms with Gasteiger partial charge in [-0.3, -0.25) is 4.79 Å². The van der Waals surface area contributed by atoms with Gasteiger partial charge in [-0.1, -0.05) is 58.0 Å². The van der Waals surface area contributed by atoms with Crippen molar-refractivity contribution in [1.82, 2.24) is 5.32 Å². The number of amides is 1. The van der Waals surface area contributed by atoms with Gasteiger partial charge in [0.2, 0.25) is 5.91 Å². The van der Waals surface area contributed by atoms with Gasteiger partial charge in [0, 0.05) is 12.5 Å². The van der Waals surface area contributed by atoms with Crippen molar-refractivity contribution in [2.24, 2.45) is 5.41 Å². The van der Waals surface area contributed by atoms with Crippen LogP contribution in [0.2, 0.25) is 0 Å². The first-order chi connectivity index (χ1) is 7.79. The summed E-state index contributed by atoms with van der Waals surface area (Å²) in [7, 11) is 1.69. The highest BCUT2D eigenvalue weighted by Crippen LogP contribution is 2.36. The smallest absolute Gasteiger partial charge is 0.225 e. The second kappa shape index (κ2) is 4.91. The third-order valence-electron chi connectivity index (χ3n) is 3.28. The number of hydrogen-bond donors (Lipinski definition) is 1. The highest BCUT2D eigenvalue weighted by molar-refractivity contribution is 5.81. The van der Waals surface area contributed by atoms with E-state index in [1.807, 2.05) is 32.0 Å². The fourth-order valence-electron chi connectivity index (χ4n) is 2.51. The summed E-state index contributed by atoms with van der Waals surface area (Å²) in [5.74, 6) is 0.0986. The molecule has 0 aliphatic carbocycles. The molecule has 0 aromatic heterocycles. The van der Waals surface area contributed by atoms with Gasteiger partial charge in [-0.25, -0.2) is 0 Å². The van der Waals surface area contributed by atoms with Crippen molar-refractivity contribution in [2.75, 3.05) is 7.05 Å². The van der Waals surface area contributed by atoms with Crippen molar-refractivity contribution < 1.29 is 4.79 Å². The third-order valence-corrected chi connectivity index (χ3v) is 3.28. The molecule has 2 heteroatoms. The standard InChI is InChI=1S/C15H23NO/c1-14(2,12-9-7-6-8-10-12)11-15(3,4)13(17)16-5/h6-10H,11H2,1-5H3,(H,16,17). The first-order valence-electron chi connectivity index (χ1n) is 6.07. The summed E-state index contributed by atoms with van der Waals surface area (Å²) < 4.78 is 0. The lowest BCUT2D eigenvalue weighted by Crippen LogP contribution is -2.39. The summed E-state index contributed by atoms with van der Waals surface area (Å²) in [5, 5.41) is 2.74. The molecular formula is C15H23NO. The van der Waals surface area contributed by atoms with E-state index in [2.05, 4.69) is 31.3 Å².